The molecule has 0 saturated carbocycles. The Morgan fingerprint density at radius 3 is 2.52 bits per heavy atom. The molecule has 1 saturated heterocycles. The molecule has 6 heteroatoms. The van der Waals surface area contributed by atoms with Crippen molar-refractivity contribution >= 4 is 5.91 Å². The fourth-order valence-electron chi connectivity index (χ4n) is 2.65. The number of halogens is 2. The van der Waals surface area contributed by atoms with Gasteiger partial charge < -0.3 is 5.32 Å². The Kier molecular flexibility index (Phi) is 5.25. The topological polar surface area (TPSA) is 53.2 Å². The number of hydrogen-bond donors (Lipinski definition) is 3. The number of hydrogen-bond acceptors (Lipinski definition) is 3. The third-order valence-corrected chi connectivity index (χ3v) is 4.02. The van der Waals surface area contributed by atoms with Gasteiger partial charge >= 0.3 is 0 Å². The number of carbonyl (C=O) groups is 1. The van der Waals surface area contributed by atoms with Gasteiger partial charge in [0.15, 0.2) is 0 Å². The zero-order chi connectivity index (χ0) is 15.4. The molecule has 116 valence electrons. The number of rotatable bonds is 5. The minimum absolute atomic E-state index is 0.0806. The fraction of sp³-hybridized carbons (Fsp3) is 0.533. The highest BCUT2D eigenvalue weighted by atomic mass is 19.1. The van der Waals surface area contributed by atoms with Gasteiger partial charge in [0.25, 0.3) is 0 Å². The number of benzene rings is 1. The molecule has 0 spiro atoms. The van der Waals surface area contributed by atoms with E-state index in [9.17, 15) is 13.6 Å². The second-order valence-electron chi connectivity index (χ2n) is 5.58. The van der Waals surface area contributed by atoms with Gasteiger partial charge in [-0.3, -0.25) is 15.6 Å². The highest BCUT2D eigenvalue weighted by molar-refractivity contribution is 5.75. The summed E-state index contributed by atoms with van der Waals surface area (Å²) in [5, 5.41) is 2.67. The molecule has 0 aromatic heterocycles. The van der Waals surface area contributed by atoms with E-state index in [0.29, 0.717) is 24.4 Å². The summed E-state index contributed by atoms with van der Waals surface area (Å²) in [4.78, 5) is 11.8. The molecule has 1 amide bonds. The monoisotopic (exact) mass is 297 g/mol. The Morgan fingerprint density at radius 2 is 1.90 bits per heavy atom. The van der Waals surface area contributed by atoms with Crippen LogP contribution in [0.5, 0.6) is 0 Å². The van der Waals surface area contributed by atoms with Gasteiger partial charge in [-0.1, -0.05) is 6.07 Å². The van der Waals surface area contributed by atoms with Gasteiger partial charge in [0.2, 0.25) is 5.91 Å². The maximum atomic E-state index is 13.4. The Hall–Kier alpha value is -1.53. The lowest BCUT2D eigenvalue weighted by Crippen LogP contribution is -2.30. The minimum Gasteiger partial charge on any atom is -0.352 e. The first-order chi connectivity index (χ1) is 9.97. The number of carbonyl (C=O) groups excluding carboxylic acids is 1. The van der Waals surface area contributed by atoms with Crippen molar-refractivity contribution in [3.63, 3.8) is 0 Å². The van der Waals surface area contributed by atoms with Gasteiger partial charge in [-0.2, -0.15) is 0 Å². The van der Waals surface area contributed by atoms with Crippen LogP contribution in [0.25, 0.3) is 0 Å². The van der Waals surface area contributed by atoms with Crippen molar-refractivity contribution in [1.29, 1.82) is 0 Å². The molecule has 3 N–H and O–H groups in total. The van der Waals surface area contributed by atoms with Gasteiger partial charge in [-0.15, -0.1) is 0 Å². The molecule has 1 aromatic rings. The summed E-state index contributed by atoms with van der Waals surface area (Å²) >= 11 is 0. The lowest BCUT2D eigenvalue weighted by Gasteiger charge is -2.17. The first-order valence-corrected chi connectivity index (χ1v) is 7.19. The Morgan fingerprint density at radius 1 is 1.24 bits per heavy atom. The molecular formula is C15H21F2N3O. The Bertz CT molecular complexity index is 500. The van der Waals surface area contributed by atoms with Crippen LogP contribution in [0.4, 0.5) is 8.78 Å². The van der Waals surface area contributed by atoms with Gasteiger partial charge in [-0.05, 0) is 32.3 Å². The number of amides is 1. The smallest absolute Gasteiger partial charge is 0.220 e. The average Bonchev–Trinajstić information content (AvgIpc) is 2.75. The predicted molar refractivity (Wildman–Crippen MR) is 76.1 cm³/mol. The molecule has 2 rings (SSSR count). The molecule has 21 heavy (non-hydrogen) atoms. The molecule has 1 heterocycles. The summed E-state index contributed by atoms with van der Waals surface area (Å²) in [6, 6.07) is 3.99. The second kappa shape index (κ2) is 6.95. The van der Waals surface area contributed by atoms with Crippen molar-refractivity contribution in [3.8, 4) is 0 Å². The van der Waals surface area contributed by atoms with Gasteiger partial charge in [0, 0.05) is 36.7 Å². The summed E-state index contributed by atoms with van der Waals surface area (Å²) in [5.74, 6) is -0.989. The van der Waals surface area contributed by atoms with Crippen LogP contribution in [0.1, 0.15) is 32.3 Å². The highest BCUT2D eigenvalue weighted by Crippen LogP contribution is 2.20. The molecule has 0 aliphatic carbocycles. The molecule has 1 aromatic carbocycles. The molecule has 0 radical (unpaired) electrons. The van der Waals surface area contributed by atoms with Crippen LogP contribution in [0.3, 0.4) is 0 Å². The molecule has 4 nitrogen and oxygen atoms in total. The van der Waals surface area contributed by atoms with Crippen LogP contribution >= 0.6 is 0 Å². The van der Waals surface area contributed by atoms with Crippen molar-refractivity contribution in [2.75, 3.05) is 0 Å². The van der Waals surface area contributed by atoms with E-state index in [4.69, 9.17) is 0 Å². The van der Waals surface area contributed by atoms with Crippen LogP contribution in [0, 0.1) is 17.6 Å². The van der Waals surface area contributed by atoms with Crippen LogP contribution in [-0.2, 0) is 11.3 Å². The third kappa shape index (κ3) is 4.22. The largest absolute Gasteiger partial charge is 0.352 e. The molecule has 2 atom stereocenters. The summed E-state index contributed by atoms with van der Waals surface area (Å²) < 4.78 is 26.2. The summed E-state index contributed by atoms with van der Waals surface area (Å²) in [7, 11) is 0. The van der Waals surface area contributed by atoms with Gasteiger partial charge in [-0.25, -0.2) is 8.78 Å². The predicted octanol–water partition coefficient (Wildman–Crippen LogP) is 1.86. The van der Waals surface area contributed by atoms with Crippen LogP contribution in [-0.4, -0.2) is 18.0 Å². The van der Waals surface area contributed by atoms with Crippen molar-refractivity contribution < 1.29 is 13.6 Å². The van der Waals surface area contributed by atoms with Crippen molar-refractivity contribution in [2.24, 2.45) is 5.92 Å². The molecule has 2 unspecified atom stereocenters. The molecule has 0 bridgehead atoms. The maximum Gasteiger partial charge on any atom is 0.220 e. The number of nitrogens with one attached hydrogen (secondary N) is 3. The first kappa shape index (κ1) is 15.9. The SMILES string of the molecule is CC1NNC(C)C1CCC(=O)NCc1ccc(F)cc1F. The number of hydrazine groups is 1. The van der Waals surface area contributed by atoms with Gasteiger partial charge in [0.05, 0.1) is 0 Å². The van der Waals surface area contributed by atoms with Crippen molar-refractivity contribution in [2.45, 2.75) is 45.3 Å². The lowest BCUT2D eigenvalue weighted by atomic mass is 9.91. The second-order valence-corrected chi connectivity index (χ2v) is 5.58. The molecule has 1 aliphatic heterocycles. The van der Waals surface area contributed by atoms with Crippen molar-refractivity contribution in [1.82, 2.24) is 16.2 Å². The Labute approximate surface area is 123 Å². The quantitative estimate of drug-likeness (QED) is 0.777. The summed E-state index contributed by atoms with van der Waals surface area (Å²) in [5.41, 5.74) is 6.58. The van der Waals surface area contributed by atoms with E-state index in [-0.39, 0.29) is 18.0 Å². The van der Waals surface area contributed by atoms with Crippen LogP contribution in [0.15, 0.2) is 18.2 Å². The lowest BCUT2D eigenvalue weighted by molar-refractivity contribution is -0.121. The fourth-order valence-corrected chi connectivity index (χ4v) is 2.65. The maximum absolute atomic E-state index is 13.4. The van der Waals surface area contributed by atoms with E-state index in [1.165, 1.54) is 12.1 Å². The average molecular weight is 297 g/mol. The van der Waals surface area contributed by atoms with Crippen molar-refractivity contribution in [3.05, 3.63) is 35.4 Å². The van der Waals surface area contributed by atoms with E-state index in [2.05, 4.69) is 30.0 Å². The third-order valence-electron chi connectivity index (χ3n) is 4.02. The molecular weight excluding hydrogens is 276 g/mol. The molecule has 1 fully saturated rings. The van der Waals surface area contributed by atoms with E-state index in [0.717, 1.165) is 12.5 Å². The van der Waals surface area contributed by atoms with E-state index in [1.54, 1.807) is 0 Å². The minimum atomic E-state index is -0.637. The summed E-state index contributed by atoms with van der Waals surface area (Å²) in [6.45, 7) is 4.23. The Balaban J connectivity index is 1.77. The van der Waals surface area contributed by atoms with Crippen LogP contribution in [0.2, 0.25) is 0 Å². The zero-order valence-corrected chi connectivity index (χ0v) is 12.2. The zero-order valence-electron chi connectivity index (χ0n) is 12.2. The highest BCUT2D eigenvalue weighted by Gasteiger charge is 2.29. The normalized spacial score (nSPS) is 25.0. The van der Waals surface area contributed by atoms with Crippen LogP contribution < -0.4 is 16.2 Å². The first-order valence-electron chi connectivity index (χ1n) is 7.19. The van der Waals surface area contributed by atoms with Gasteiger partial charge in [0.1, 0.15) is 11.6 Å². The summed E-state index contributed by atoms with van der Waals surface area (Å²) in [6.07, 6.45) is 1.16. The van der Waals surface area contributed by atoms with E-state index in [1.807, 2.05) is 0 Å². The molecule has 1 aliphatic rings. The van der Waals surface area contributed by atoms with E-state index < -0.39 is 11.6 Å². The standard InChI is InChI=1S/C15H21F2N3O/c1-9-13(10(2)20-19-9)5-6-15(21)18-8-11-3-4-12(16)7-14(11)17/h3-4,7,9-10,13,19-20H,5-6,8H2,1-2H3,(H,18,21). The van der Waals surface area contributed by atoms with E-state index >= 15 is 0 Å².